The third-order valence-corrected chi connectivity index (χ3v) is 4.38. The second kappa shape index (κ2) is 7.42. The second-order valence-corrected chi connectivity index (χ2v) is 5.86. The Morgan fingerprint density at radius 1 is 1.39 bits per heavy atom. The summed E-state index contributed by atoms with van der Waals surface area (Å²) in [7, 11) is 0. The van der Waals surface area contributed by atoms with Crippen molar-refractivity contribution in [3.8, 4) is 5.69 Å². The van der Waals surface area contributed by atoms with E-state index in [1.54, 1.807) is 6.20 Å². The summed E-state index contributed by atoms with van der Waals surface area (Å²) in [5.41, 5.74) is 2.04. The molecule has 1 amide bonds. The van der Waals surface area contributed by atoms with Crippen LogP contribution in [0.1, 0.15) is 31.7 Å². The third kappa shape index (κ3) is 3.62. The highest BCUT2D eigenvalue weighted by Gasteiger charge is 2.30. The lowest BCUT2D eigenvalue weighted by atomic mass is 9.92. The fourth-order valence-corrected chi connectivity index (χ4v) is 3.15. The Hall–Kier alpha value is -2.14. The number of carbonyl (C=O) groups excluding carboxylic acids is 1. The molecule has 1 aromatic carbocycles. The first-order valence-corrected chi connectivity index (χ1v) is 8.27. The Morgan fingerprint density at radius 2 is 2.26 bits per heavy atom. The molecule has 2 atom stereocenters. The zero-order valence-electron chi connectivity index (χ0n) is 13.4. The number of benzene rings is 1. The van der Waals surface area contributed by atoms with Gasteiger partial charge in [0.15, 0.2) is 0 Å². The van der Waals surface area contributed by atoms with Crippen molar-refractivity contribution in [2.75, 3.05) is 6.61 Å². The van der Waals surface area contributed by atoms with Gasteiger partial charge in [0.25, 0.3) is 0 Å². The van der Waals surface area contributed by atoms with Gasteiger partial charge in [-0.05, 0) is 37.0 Å². The van der Waals surface area contributed by atoms with E-state index >= 15 is 0 Å². The van der Waals surface area contributed by atoms with Crippen LogP contribution >= 0.6 is 0 Å². The van der Waals surface area contributed by atoms with Gasteiger partial charge in [-0.1, -0.05) is 25.1 Å². The molecule has 2 heterocycles. The molecule has 5 nitrogen and oxygen atoms in total. The SMILES string of the molecule is CC[C@H]1OCCC[C@H]1C(=O)NCc1ccccc1-n1cccn1. The molecular weight excluding hydrogens is 290 g/mol. The normalized spacial score (nSPS) is 21.1. The van der Waals surface area contributed by atoms with Crippen LogP contribution in [0.5, 0.6) is 0 Å². The molecule has 0 bridgehead atoms. The van der Waals surface area contributed by atoms with Gasteiger partial charge in [-0.2, -0.15) is 5.10 Å². The number of carbonyl (C=O) groups is 1. The summed E-state index contributed by atoms with van der Waals surface area (Å²) in [5.74, 6) is 0.0532. The molecule has 0 unspecified atom stereocenters. The van der Waals surface area contributed by atoms with Crippen LogP contribution in [0.3, 0.4) is 0 Å². The first-order chi connectivity index (χ1) is 11.3. The molecule has 0 aliphatic carbocycles. The molecule has 1 aromatic heterocycles. The minimum Gasteiger partial charge on any atom is -0.377 e. The Labute approximate surface area is 136 Å². The van der Waals surface area contributed by atoms with Crippen LogP contribution in [0.25, 0.3) is 5.69 Å². The predicted octanol–water partition coefficient (Wildman–Crippen LogP) is 2.69. The summed E-state index contributed by atoms with van der Waals surface area (Å²) < 4.78 is 7.54. The molecule has 1 fully saturated rings. The van der Waals surface area contributed by atoms with E-state index in [2.05, 4.69) is 17.3 Å². The van der Waals surface area contributed by atoms with E-state index in [9.17, 15) is 4.79 Å². The van der Waals surface area contributed by atoms with E-state index in [1.807, 2.05) is 41.2 Å². The van der Waals surface area contributed by atoms with Crippen LogP contribution in [-0.2, 0) is 16.1 Å². The minimum absolute atomic E-state index is 0.0365. The number of ether oxygens (including phenoxy) is 1. The first kappa shape index (κ1) is 15.7. The van der Waals surface area contributed by atoms with Gasteiger partial charge < -0.3 is 10.1 Å². The van der Waals surface area contributed by atoms with Crippen LogP contribution < -0.4 is 5.32 Å². The highest BCUT2D eigenvalue weighted by molar-refractivity contribution is 5.79. The molecule has 1 N–H and O–H groups in total. The number of amides is 1. The van der Waals surface area contributed by atoms with E-state index in [4.69, 9.17) is 4.74 Å². The smallest absolute Gasteiger partial charge is 0.226 e. The average molecular weight is 313 g/mol. The standard InChI is InChI=1S/C18H23N3O2/c1-2-17-15(8-5-12-23-17)18(22)19-13-14-7-3-4-9-16(14)21-11-6-10-20-21/h3-4,6-7,9-11,15,17H,2,5,8,12-13H2,1H3,(H,19,22)/t15-,17-/m1/s1. The van der Waals surface area contributed by atoms with Crippen molar-refractivity contribution in [1.29, 1.82) is 0 Å². The monoisotopic (exact) mass is 313 g/mol. The lowest BCUT2D eigenvalue weighted by molar-refractivity contribution is -0.134. The fraction of sp³-hybridized carbons (Fsp3) is 0.444. The minimum atomic E-state index is -0.0365. The second-order valence-electron chi connectivity index (χ2n) is 5.86. The fourth-order valence-electron chi connectivity index (χ4n) is 3.15. The highest BCUT2D eigenvalue weighted by Crippen LogP contribution is 2.23. The van der Waals surface area contributed by atoms with E-state index in [1.165, 1.54) is 0 Å². The van der Waals surface area contributed by atoms with Crippen LogP contribution in [0, 0.1) is 5.92 Å². The zero-order valence-corrected chi connectivity index (χ0v) is 13.4. The van der Waals surface area contributed by atoms with Crippen molar-refractivity contribution in [3.63, 3.8) is 0 Å². The van der Waals surface area contributed by atoms with E-state index in [-0.39, 0.29) is 17.9 Å². The maximum Gasteiger partial charge on any atom is 0.226 e. The van der Waals surface area contributed by atoms with Gasteiger partial charge in [-0.3, -0.25) is 4.79 Å². The van der Waals surface area contributed by atoms with Gasteiger partial charge in [-0.25, -0.2) is 4.68 Å². The molecule has 5 heteroatoms. The molecular formula is C18H23N3O2. The Kier molecular flexibility index (Phi) is 5.08. The van der Waals surface area contributed by atoms with Crippen LogP contribution in [0.15, 0.2) is 42.7 Å². The first-order valence-electron chi connectivity index (χ1n) is 8.27. The van der Waals surface area contributed by atoms with Gasteiger partial charge >= 0.3 is 0 Å². The number of para-hydroxylation sites is 1. The molecule has 122 valence electrons. The summed E-state index contributed by atoms with van der Waals surface area (Å²) in [5, 5.41) is 7.35. The Morgan fingerprint density at radius 3 is 3.04 bits per heavy atom. The maximum atomic E-state index is 12.5. The third-order valence-electron chi connectivity index (χ3n) is 4.38. The quantitative estimate of drug-likeness (QED) is 0.923. The molecule has 3 rings (SSSR count). The van der Waals surface area contributed by atoms with Crippen molar-refractivity contribution in [1.82, 2.24) is 15.1 Å². The summed E-state index contributed by atoms with van der Waals surface area (Å²) in [6.45, 7) is 3.34. The number of hydrogen-bond acceptors (Lipinski definition) is 3. The van der Waals surface area contributed by atoms with Gasteiger partial charge in [0.2, 0.25) is 5.91 Å². The summed E-state index contributed by atoms with van der Waals surface area (Å²) in [6, 6.07) is 9.87. The molecule has 1 aliphatic heterocycles. The van der Waals surface area contributed by atoms with Crippen LogP contribution in [0.2, 0.25) is 0 Å². The number of nitrogens with zero attached hydrogens (tertiary/aromatic N) is 2. The number of nitrogens with one attached hydrogen (secondary N) is 1. The molecule has 0 spiro atoms. The van der Waals surface area contributed by atoms with Gasteiger partial charge in [0.05, 0.1) is 17.7 Å². The zero-order chi connectivity index (χ0) is 16.1. The van der Waals surface area contributed by atoms with E-state index in [0.29, 0.717) is 6.54 Å². The molecule has 0 saturated carbocycles. The number of aromatic nitrogens is 2. The predicted molar refractivity (Wildman–Crippen MR) is 88.2 cm³/mol. The van der Waals surface area contributed by atoms with Gasteiger partial charge in [-0.15, -0.1) is 0 Å². The number of hydrogen-bond donors (Lipinski definition) is 1. The van der Waals surface area contributed by atoms with Crippen molar-refractivity contribution in [2.45, 2.75) is 38.8 Å². The Balaban J connectivity index is 1.68. The maximum absolute atomic E-state index is 12.5. The van der Waals surface area contributed by atoms with E-state index < -0.39 is 0 Å². The topological polar surface area (TPSA) is 56.1 Å². The molecule has 2 aromatic rings. The average Bonchev–Trinajstić information content (AvgIpc) is 3.14. The Bertz CT molecular complexity index is 639. The van der Waals surface area contributed by atoms with Crippen LogP contribution in [0.4, 0.5) is 0 Å². The summed E-state index contributed by atoms with van der Waals surface area (Å²) >= 11 is 0. The lowest BCUT2D eigenvalue weighted by Crippen LogP contribution is -2.41. The van der Waals surface area contributed by atoms with Crippen molar-refractivity contribution in [2.24, 2.45) is 5.92 Å². The molecule has 0 radical (unpaired) electrons. The van der Waals surface area contributed by atoms with Gasteiger partial charge in [0, 0.05) is 25.5 Å². The van der Waals surface area contributed by atoms with Crippen molar-refractivity contribution in [3.05, 3.63) is 48.3 Å². The van der Waals surface area contributed by atoms with Gasteiger partial charge in [0.1, 0.15) is 0 Å². The van der Waals surface area contributed by atoms with Crippen molar-refractivity contribution < 1.29 is 9.53 Å². The largest absolute Gasteiger partial charge is 0.377 e. The summed E-state index contributed by atoms with van der Waals surface area (Å²) in [6.07, 6.45) is 6.44. The molecule has 23 heavy (non-hydrogen) atoms. The highest BCUT2D eigenvalue weighted by atomic mass is 16.5. The van der Waals surface area contributed by atoms with Crippen LogP contribution in [-0.4, -0.2) is 28.4 Å². The molecule has 1 aliphatic rings. The molecule has 1 saturated heterocycles. The number of rotatable bonds is 5. The van der Waals surface area contributed by atoms with E-state index in [0.717, 1.165) is 37.1 Å². The lowest BCUT2D eigenvalue weighted by Gasteiger charge is -2.30. The van der Waals surface area contributed by atoms with Crippen molar-refractivity contribution >= 4 is 5.91 Å². The summed E-state index contributed by atoms with van der Waals surface area (Å²) in [4.78, 5) is 12.5.